The fourth-order valence-corrected chi connectivity index (χ4v) is 1.40. The van der Waals surface area contributed by atoms with Gasteiger partial charge in [0.05, 0.1) is 6.04 Å². The third-order valence-corrected chi connectivity index (χ3v) is 2.02. The Morgan fingerprint density at radius 2 is 2.33 bits per heavy atom. The van der Waals surface area contributed by atoms with E-state index in [4.69, 9.17) is 5.11 Å². The monoisotopic (exact) mass is 163 g/mol. The van der Waals surface area contributed by atoms with Crippen LogP contribution in [0.3, 0.4) is 0 Å². The van der Waals surface area contributed by atoms with Crippen molar-refractivity contribution < 1.29 is 9.90 Å². The van der Waals surface area contributed by atoms with Crippen LogP contribution in [0.15, 0.2) is 35.6 Å². The molecule has 0 saturated carbocycles. The van der Waals surface area contributed by atoms with Crippen molar-refractivity contribution in [2.75, 3.05) is 0 Å². The molecule has 3 heteroatoms. The lowest BCUT2D eigenvalue weighted by molar-refractivity contribution is -0.117. The van der Waals surface area contributed by atoms with Gasteiger partial charge < -0.3 is 10.4 Å². The molecule has 0 fully saturated rings. The van der Waals surface area contributed by atoms with Crippen LogP contribution in [0.5, 0.6) is 0 Å². The predicted octanol–water partition coefficient (Wildman–Crippen LogP) is 0.813. The van der Waals surface area contributed by atoms with Gasteiger partial charge in [0.15, 0.2) is 0 Å². The summed E-state index contributed by atoms with van der Waals surface area (Å²) in [5.41, 5.74) is 0.967. The first-order valence-corrected chi connectivity index (χ1v) is 3.85. The molecule has 1 unspecified atom stereocenters. The van der Waals surface area contributed by atoms with Crippen LogP contribution >= 0.6 is 0 Å². The number of fused-ring (bicyclic) bond motifs is 1. The first kappa shape index (κ1) is 7.16. The average Bonchev–Trinajstić information content (AvgIpc) is 2.05. The average molecular weight is 163 g/mol. The molecule has 1 aliphatic heterocycles. The lowest BCUT2D eigenvalue weighted by Gasteiger charge is -2.23. The molecule has 2 N–H and O–H groups in total. The zero-order valence-corrected chi connectivity index (χ0v) is 6.45. The highest BCUT2D eigenvalue weighted by Crippen LogP contribution is 2.19. The van der Waals surface area contributed by atoms with Crippen molar-refractivity contribution in [2.24, 2.45) is 0 Å². The second-order valence-electron chi connectivity index (χ2n) is 2.90. The molecule has 0 radical (unpaired) electrons. The molecule has 1 aliphatic carbocycles. The molecule has 2 aliphatic rings. The summed E-state index contributed by atoms with van der Waals surface area (Å²) < 4.78 is 0. The van der Waals surface area contributed by atoms with Crippen LogP contribution < -0.4 is 5.32 Å². The van der Waals surface area contributed by atoms with Crippen molar-refractivity contribution in [1.29, 1.82) is 0 Å². The molecule has 0 aromatic rings. The molecule has 0 spiro atoms. The van der Waals surface area contributed by atoms with Gasteiger partial charge in [-0.05, 0) is 24.1 Å². The normalized spacial score (nSPS) is 27.0. The standard InChI is InChI=1S/C9H9NO2/c11-7-2-3-8-6(5-7)1-4-9(12)10-8/h1-2,4-5,8,11H,3H2,(H,10,12). The Morgan fingerprint density at radius 3 is 3.17 bits per heavy atom. The Bertz CT molecular complexity index is 312. The van der Waals surface area contributed by atoms with E-state index in [-0.39, 0.29) is 17.7 Å². The van der Waals surface area contributed by atoms with Gasteiger partial charge in [-0.25, -0.2) is 0 Å². The number of aliphatic hydroxyl groups excluding tert-OH is 1. The van der Waals surface area contributed by atoms with E-state index in [1.165, 1.54) is 6.08 Å². The van der Waals surface area contributed by atoms with E-state index in [0.717, 1.165) is 5.57 Å². The highest BCUT2D eigenvalue weighted by atomic mass is 16.3. The quantitative estimate of drug-likeness (QED) is 0.555. The maximum atomic E-state index is 10.9. The molecule has 12 heavy (non-hydrogen) atoms. The van der Waals surface area contributed by atoms with Gasteiger partial charge in [-0.15, -0.1) is 0 Å². The summed E-state index contributed by atoms with van der Waals surface area (Å²) in [7, 11) is 0. The summed E-state index contributed by atoms with van der Waals surface area (Å²) >= 11 is 0. The molecule has 1 amide bonds. The number of carbonyl (C=O) groups is 1. The Hall–Kier alpha value is -1.51. The number of aliphatic hydroxyl groups is 1. The molecular formula is C9H9NO2. The van der Waals surface area contributed by atoms with Gasteiger partial charge in [0.2, 0.25) is 5.91 Å². The van der Waals surface area contributed by atoms with Crippen molar-refractivity contribution in [2.45, 2.75) is 12.5 Å². The topological polar surface area (TPSA) is 49.3 Å². The van der Waals surface area contributed by atoms with Crippen LogP contribution in [0.2, 0.25) is 0 Å². The van der Waals surface area contributed by atoms with Crippen LogP contribution in [-0.4, -0.2) is 17.1 Å². The van der Waals surface area contributed by atoms with Crippen molar-refractivity contribution >= 4 is 5.91 Å². The first-order chi connectivity index (χ1) is 5.75. The fraction of sp³-hybridized carbons (Fsp3) is 0.222. The number of carbonyl (C=O) groups excluding carboxylic acids is 1. The second-order valence-corrected chi connectivity index (χ2v) is 2.90. The maximum Gasteiger partial charge on any atom is 0.244 e. The molecule has 0 aromatic heterocycles. The number of allylic oxidation sites excluding steroid dienone is 1. The molecule has 0 saturated heterocycles. The van der Waals surface area contributed by atoms with Crippen LogP contribution in [0, 0.1) is 0 Å². The van der Waals surface area contributed by atoms with Crippen LogP contribution in [0.4, 0.5) is 0 Å². The smallest absolute Gasteiger partial charge is 0.244 e. The Labute approximate surface area is 70.1 Å². The van der Waals surface area contributed by atoms with E-state index in [1.54, 1.807) is 18.2 Å². The minimum Gasteiger partial charge on any atom is -0.508 e. The SMILES string of the molecule is O=C1C=CC2=CC(O)=CCC2N1. The lowest BCUT2D eigenvalue weighted by atomic mass is 9.95. The Morgan fingerprint density at radius 1 is 1.50 bits per heavy atom. The zero-order chi connectivity index (χ0) is 8.55. The van der Waals surface area contributed by atoms with Gasteiger partial charge in [-0.3, -0.25) is 4.79 Å². The van der Waals surface area contributed by atoms with Crippen LogP contribution in [0.25, 0.3) is 0 Å². The number of amides is 1. The minimum absolute atomic E-state index is 0.0541. The number of nitrogens with one attached hydrogen (secondary N) is 1. The van der Waals surface area contributed by atoms with E-state index in [0.29, 0.717) is 6.42 Å². The van der Waals surface area contributed by atoms with Gasteiger partial charge in [-0.2, -0.15) is 0 Å². The van der Waals surface area contributed by atoms with E-state index in [2.05, 4.69) is 5.32 Å². The highest BCUT2D eigenvalue weighted by molar-refractivity contribution is 5.90. The highest BCUT2D eigenvalue weighted by Gasteiger charge is 2.20. The summed E-state index contributed by atoms with van der Waals surface area (Å²) in [5, 5.41) is 11.9. The molecule has 1 atom stereocenters. The Kier molecular flexibility index (Phi) is 1.50. The van der Waals surface area contributed by atoms with E-state index < -0.39 is 0 Å². The van der Waals surface area contributed by atoms with Gasteiger partial charge in [-0.1, -0.05) is 6.08 Å². The third-order valence-electron chi connectivity index (χ3n) is 2.02. The van der Waals surface area contributed by atoms with E-state index in [9.17, 15) is 4.79 Å². The van der Waals surface area contributed by atoms with Crippen LogP contribution in [0.1, 0.15) is 6.42 Å². The molecule has 3 nitrogen and oxygen atoms in total. The van der Waals surface area contributed by atoms with Gasteiger partial charge in [0.25, 0.3) is 0 Å². The van der Waals surface area contributed by atoms with Crippen molar-refractivity contribution in [1.82, 2.24) is 5.32 Å². The largest absolute Gasteiger partial charge is 0.508 e. The summed E-state index contributed by atoms with van der Waals surface area (Å²) in [5.74, 6) is 0.217. The summed E-state index contributed by atoms with van der Waals surface area (Å²) in [6.07, 6.45) is 7.26. The molecular weight excluding hydrogens is 154 g/mol. The van der Waals surface area contributed by atoms with Crippen LogP contribution in [-0.2, 0) is 4.79 Å². The molecule has 0 aromatic carbocycles. The molecule has 62 valence electrons. The zero-order valence-electron chi connectivity index (χ0n) is 6.45. The van der Waals surface area contributed by atoms with Crippen molar-refractivity contribution in [3.05, 3.63) is 35.6 Å². The van der Waals surface area contributed by atoms with Gasteiger partial charge in [0, 0.05) is 6.08 Å². The minimum atomic E-state index is -0.0630. The van der Waals surface area contributed by atoms with E-state index >= 15 is 0 Å². The predicted molar refractivity (Wildman–Crippen MR) is 44.5 cm³/mol. The first-order valence-electron chi connectivity index (χ1n) is 3.85. The maximum absolute atomic E-state index is 10.9. The van der Waals surface area contributed by atoms with E-state index in [1.807, 2.05) is 0 Å². The molecule has 1 heterocycles. The van der Waals surface area contributed by atoms with Crippen molar-refractivity contribution in [3.8, 4) is 0 Å². The third kappa shape index (κ3) is 1.13. The fourth-order valence-electron chi connectivity index (χ4n) is 1.40. The Balaban J connectivity index is 2.32. The second kappa shape index (κ2) is 2.52. The summed E-state index contributed by atoms with van der Waals surface area (Å²) in [6.45, 7) is 0. The van der Waals surface area contributed by atoms with Gasteiger partial charge >= 0.3 is 0 Å². The number of hydrogen-bond acceptors (Lipinski definition) is 2. The molecule has 2 rings (SSSR count). The number of rotatable bonds is 0. The summed E-state index contributed by atoms with van der Waals surface area (Å²) in [6, 6.07) is 0.0541. The lowest BCUT2D eigenvalue weighted by Crippen LogP contribution is -2.38. The van der Waals surface area contributed by atoms with Gasteiger partial charge in [0.1, 0.15) is 5.76 Å². The van der Waals surface area contributed by atoms with Crippen molar-refractivity contribution in [3.63, 3.8) is 0 Å². The summed E-state index contributed by atoms with van der Waals surface area (Å²) in [4.78, 5) is 10.9. The molecule has 0 bridgehead atoms. The number of hydrogen-bond donors (Lipinski definition) is 2.